The largest absolute Gasteiger partial charge is 0.310 e. The average Bonchev–Trinajstić information content (AvgIpc) is 2.77. The molecule has 4 heteroatoms. The Labute approximate surface area is 102 Å². The third-order valence-corrected chi connectivity index (χ3v) is 3.77. The highest BCUT2D eigenvalue weighted by atomic mass is 32.1. The molecule has 1 aliphatic rings. The van der Waals surface area contributed by atoms with Crippen molar-refractivity contribution >= 4 is 11.3 Å². The van der Waals surface area contributed by atoms with Crippen molar-refractivity contribution in [3.05, 3.63) is 16.6 Å². The Morgan fingerprint density at radius 1 is 1.62 bits per heavy atom. The molecule has 2 rings (SSSR count). The number of hydrogen-bond donors (Lipinski definition) is 1. The summed E-state index contributed by atoms with van der Waals surface area (Å²) in [7, 11) is 0. The van der Waals surface area contributed by atoms with Crippen LogP contribution in [0.25, 0.3) is 0 Å². The fourth-order valence-electron chi connectivity index (χ4n) is 2.27. The third-order valence-electron chi connectivity index (χ3n) is 3.14. The minimum atomic E-state index is 0.882. The van der Waals surface area contributed by atoms with E-state index in [9.17, 15) is 0 Å². The molecule has 0 aliphatic carbocycles. The van der Waals surface area contributed by atoms with Crippen LogP contribution in [0.5, 0.6) is 0 Å². The molecule has 16 heavy (non-hydrogen) atoms. The molecule has 1 saturated heterocycles. The molecule has 1 fully saturated rings. The van der Waals surface area contributed by atoms with Gasteiger partial charge in [-0.15, -0.1) is 11.3 Å². The van der Waals surface area contributed by atoms with Gasteiger partial charge in [-0.25, -0.2) is 4.98 Å². The molecule has 1 aliphatic heterocycles. The molecule has 0 saturated carbocycles. The Morgan fingerprint density at radius 3 is 3.31 bits per heavy atom. The number of likely N-dealkylation sites (tertiary alicyclic amines) is 1. The first-order valence-corrected chi connectivity index (χ1v) is 7.09. The summed E-state index contributed by atoms with van der Waals surface area (Å²) in [6, 6.07) is 0. The molecule has 0 aromatic carbocycles. The summed E-state index contributed by atoms with van der Waals surface area (Å²) in [6.07, 6.45) is 2.77. The first-order chi connectivity index (χ1) is 7.84. The van der Waals surface area contributed by atoms with Gasteiger partial charge in [-0.2, -0.15) is 0 Å². The van der Waals surface area contributed by atoms with Crippen LogP contribution in [0.2, 0.25) is 0 Å². The second-order valence-corrected chi connectivity index (χ2v) is 5.42. The molecule has 0 spiro atoms. The summed E-state index contributed by atoms with van der Waals surface area (Å²) in [5.74, 6) is 0.882. The highest BCUT2D eigenvalue weighted by molar-refractivity contribution is 7.07. The van der Waals surface area contributed by atoms with E-state index in [1.54, 1.807) is 11.3 Å². The Bertz CT molecular complexity index is 286. The van der Waals surface area contributed by atoms with Crippen molar-refractivity contribution < 1.29 is 0 Å². The lowest BCUT2D eigenvalue weighted by Crippen LogP contribution is -2.38. The van der Waals surface area contributed by atoms with Gasteiger partial charge in [0.05, 0.1) is 11.2 Å². The lowest BCUT2D eigenvalue weighted by Gasteiger charge is -2.30. The maximum absolute atomic E-state index is 4.26. The molecular weight excluding hydrogens is 218 g/mol. The van der Waals surface area contributed by atoms with E-state index in [-0.39, 0.29) is 0 Å². The fraction of sp³-hybridized carbons (Fsp3) is 0.750. The number of hydrogen-bond acceptors (Lipinski definition) is 4. The van der Waals surface area contributed by atoms with E-state index in [0.29, 0.717) is 0 Å². The number of rotatable bonds is 5. The summed E-state index contributed by atoms with van der Waals surface area (Å²) in [5, 5.41) is 5.56. The van der Waals surface area contributed by atoms with Gasteiger partial charge in [0.1, 0.15) is 0 Å². The van der Waals surface area contributed by atoms with Gasteiger partial charge in [-0.1, -0.05) is 6.92 Å². The van der Waals surface area contributed by atoms with Crippen LogP contribution in [-0.2, 0) is 6.54 Å². The molecule has 1 N–H and O–H groups in total. The summed E-state index contributed by atoms with van der Waals surface area (Å²) in [4.78, 5) is 6.83. The normalized spacial score (nSPS) is 22.4. The summed E-state index contributed by atoms with van der Waals surface area (Å²) in [5.41, 5.74) is 3.06. The predicted octanol–water partition coefficient (Wildman–Crippen LogP) is 1.96. The number of thiazole rings is 1. The van der Waals surface area contributed by atoms with E-state index in [4.69, 9.17) is 0 Å². The fourth-order valence-corrected chi connectivity index (χ4v) is 2.83. The summed E-state index contributed by atoms with van der Waals surface area (Å²) >= 11 is 1.66. The molecule has 0 amide bonds. The van der Waals surface area contributed by atoms with Gasteiger partial charge in [-0.05, 0) is 25.3 Å². The van der Waals surface area contributed by atoms with E-state index in [1.807, 2.05) is 5.51 Å². The zero-order valence-electron chi connectivity index (χ0n) is 9.98. The van der Waals surface area contributed by atoms with Crippen molar-refractivity contribution in [1.82, 2.24) is 15.2 Å². The van der Waals surface area contributed by atoms with E-state index >= 15 is 0 Å². The Hall–Kier alpha value is -0.450. The second-order valence-electron chi connectivity index (χ2n) is 4.70. The quantitative estimate of drug-likeness (QED) is 0.796. The zero-order chi connectivity index (χ0) is 11.2. The van der Waals surface area contributed by atoms with Crippen molar-refractivity contribution in [1.29, 1.82) is 0 Å². The monoisotopic (exact) mass is 239 g/mol. The lowest BCUT2D eigenvalue weighted by atomic mass is 10.0. The molecule has 2 heterocycles. The Kier molecular flexibility index (Phi) is 4.75. The molecule has 1 aromatic rings. The Morgan fingerprint density at radius 2 is 2.56 bits per heavy atom. The molecule has 0 bridgehead atoms. The summed E-state index contributed by atoms with van der Waals surface area (Å²) in [6.45, 7) is 8.07. The molecular formula is C12H21N3S. The number of nitrogens with zero attached hydrogens (tertiary/aromatic N) is 2. The van der Waals surface area contributed by atoms with Crippen molar-refractivity contribution in [2.24, 2.45) is 5.92 Å². The van der Waals surface area contributed by atoms with Crippen LogP contribution >= 0.6 is 11.3 Å². The minimum absolute atomic E-state index is 0.882. The highest BCUT2D eigenvalue weighted by Crippen LogP contribution is 2.14. The van der Waals surface area contributed by atoms with Crippen LogP contribution in [0, 0.1) is 5.92 Å². The van der Waals surface area contributed by atoms with Crippen LogP contribution in [0.15, 0.2) is 10.9 Å². The van der Waals surface area contributed by atoms with E-state index in [1.165, 1.54) is 32.5 Å². The van der Waals surface area contributed by atoms with Gasteiger partial charge in [0, 0.05) is 31.6 Å². The second kappa shape index (κ2) is 6.33. The maximum Gasteiger partial charge on any atom is 0.0795 e. The summed E-state index contributed by atoms with van der Waals surface area (Å²) < 4.78 is 0. The average molecular weight is 239 g/mol. The molecule has 1 unspecified atom stereocenters. The third kappa shape index (κ3) is 3.85. The standard InChI is InChI=1S/C12H21N3S/c1-11-3-2-5-15(8-11)6-4-13-7-12-9-16-10-14-12/h9-11,13H,2-8H2,1H3. The first kappa shape index (κ1) is 12.0. The maximum atomic E-state index is 4.26. The molecule has 1 aromatic heterocycles. The molecule has 1 atom stereocenters. The van der Waals surface area contributed by atoms with Gasteiger partial charge in [0.25, 0.3) is 0 Å². The van der Waals surface area contributed by atoms with Crippen LogP contribution < -0.4 is 5.32 Å². The van der Waals surface area contributed by atoms with E-state index < -0.39 is 0 Å². The van der Waals surface area contributed by atoms with Crippen molar-refractivity contribution in [2.45, 2.75) is 26.3 Å². The highest BCUT2D eigenvalue weighted by Gasteiger charge is 2.15. The van der Waals surface area contributed by atoms with Gasteiger partial charge in [-0.3, -0.25) is 0 Å². The SMILES string of the molecule is CC1CCCN(CCNCc2cscn2)C1. The van der Waals surface area contributed by atoms with Crippen LogP contribution in [0.1, 0.15) is 25.5 Å². The number of piperidine rings is 1. The van der Waals surface area contributed by atoms with Crippen LogP contribution in [-0.4, -0.2) is 36.1 Å². The van der Waals surface area contributed by atoms with E-state index in [2.05, 4.69) is 27.5 Å². The molecule has 0 radical (unpaired) electrons. The van der Waals surface area contributed by atoms with Crippen LogP contribution in [0.4, 0.5) is 0 Å². The minimum Gasteiger partial charge on any atom is -0.310 e. The molecule has 3 nitrogen and oxygen atoms in total. The van der Waals surface area contributed by atoms with E-state index in [0.717, 1.165) is 24.7 Å². The van der Waals surface area contributed by atoms with Gasteiger partial charge < -0.3 is 10.2 Å². The van der Waals surface area contributed by atoms with Crippen molar-refractivity contribution in [3.8, 4) is 0 Å². The molecule has 90 valence electrons. The van der Waals surface area contributed by atoms with Crippen LogP contribution in [0.3, 0.4) is 0 Å². The number of nitrogens with one attached hydrogen (secondary N) is 1. The topological polar surface area (TPSA) is 28.2 Å². The van der Waals surface area contributed by atoms with Gasteiger partial charge in [0.2, 0.25) is 0 Å². The number of aromatic nitrogens is 1. The first-order valence-electron chi connectivity index (χ1n) is 6.15. The zero-order valence-corrected chi connectivity index (χ0v) is 10.8. The van der Waals surface area contributed by atoms with Gasteiger partial charge in [0.15, 0.2) is 0 Å². The predicted molar refractivity (Wildman–Crippen MR) is 68.7 cm³/mol. The Balaban J connectivity index is 1.57. The lowest BCUT2D eigenvalue weighted by molar-refractivity contribution is 0.184. The smallest absolute Gasteiger partial charge is 0.0795 e. The van der Waals surface area contributed by atoms with Gasteiger partial charge >= 0.3 is 0 Å². The van der Waals surface area contributed by atoms with Crippen molar-refractivity contribution in [2.75, 3.05) is 26.2 Å². The van der Waals surface area contributed by atoms with Crippen molar-refractivity contribution in [3.63, 3.8) is 0 Å².